The lowest BCUT2D eigenvalue weighted by molar-refractivity contribution is 0.0693. The lowest BCUT2D eigenvalue weighted by Crippen LogP contribution is -2.13. The van der Waals surface area contributed by atoms with Crippen molar-refractivity contribution >= 4 is 29.2 Å². The first-order valence-electron chi connectivity index (χ1n) is 7.58. The van der Waals surface area contributed by atoms with E-state index in [1.807, 2.05) is 0 Å². The number of amides is 1. The van der Waals surface area contributed by atoms with Gasteiger partial charge in [-0.15, -0.1) is 0 Å². The summed E-state index contributed by atoms with van der Waals surface area (Å²) in [6, 6.07) is 5.50. The van der Waals surface area contributed by atoms with Gasteiger partial charge in [-0.05, 0) is 18.2 Å². The first kappa shape index (κ1) is 20.2. The Morgan fingerprint density at radius 1 is 0.889 bits per heavy atom. The SMILES string of the molecule is COc1cc(NC(=O)c2cc(OC)c(OC)c(OC)c2)c(Cl)cc1C(=O)O. The molecule has 2 N–H and O–H groups in total. The van der Waals surface area contributed by atoms with Crippen LogP contribution in [0.4, 0.5) is 5.69 Å². The molecule has 0 atom stereocenters. The molecular formula is C18H18ClNO7. The molecule has 144 valence electrons. The van der Waals surface area contributed by atoms with E-state index in [-0.39, 0.29) is 27.6 Å². The zero-order valence-electron chi connectivity index (χ0n) is 15.1. The van der Waals surface area contributed by atoms with Crippen LogP contribution in [0.1, 0.15) is 20.7 Å². The second-order valence-electron chi connectivity index (χ2n) is 5.21. The van der Waals surface area contributed by atoms with Crippen LogP contribution in [0.3, 0.4) is 0 Å². The molecule has 0 unspecified atom stereocenters. The number of hydrogen-bond donors (Lipinski definition) is 2. The Balaban J connectivity index is 2.42. The van der Waals surface area contributed by atoms with Gasteiger partial charge in [0.2, 0.25) is 5.75 Å². The van der Waals surface area contributed by atoms with Gasteiger partial charge >= 0.3 is 5.97 Å². The number of methoxy groups -OCH3 is 4. The van der Waals surface area contributed by atoms with E-state index in [1.165, 1.54) is 52.7 Å². The van der Waals surface area contributed by atoms with Crippen molar-refractivity contribution in [3.05, 3.63) is 40.4 Å². The Kier molecular flexibility index (Phi) is 6.36. The second kappa shape index (κ2) is 8.50. The van der Waals surface area contributed by atoms with Gasteiger partial charge in [0, 0.05) is 11.6 Å². The van der Waals surface area contributed by atoms with Crippen molar-refractivity contribution in [1.29, 1.82) is 0 Å². The van der Waals surface area contributed by atoms with Crippen LogP contribution in [-0.2, 0) is 0 Å². The zero-order chi connectivity index (χ0) is 20.1. The predicted octanol–water partition coefficient (Wildman–Crippen LogP) is 3.32. The fourth-order valence-electron chi connectivity index (χ4n) is 2.39. The van der Waals surface area contributed by atoms with Crippen molar-refractivity contribution in [3.63, 3.8) is 0 Å². The third-order valence-electron chi connectivity index (χ3n) is 3.69. The number of rotatable bonds is 7. The highest BCUT2D eigenvalue weighted by molar-refractivity contribution is 6.34. The van der Waals surface area contributed by atoms with Gasteiger partial charge in [0.05, 0.1) is 39.1 Å². The summed E-state index contributed by atoms with van der Waals surface area (Å²) in [4.78, 5) is 23.9. The van der Waals surface area contributed by atoms with Gasteiger partial charge in [-0.3, -0.25) is 4.79 Å². The van der Waals surface area contributed by atoms with Crippen molar-refractivity contribution in [3.8, 4) is 23.0 Å². The number of hydrogen-bond acceptors (Lipinski definition) is 6. The molecule has 0 spiro atoms. The standard InChI is InChI=1S/C18H18ClNO7/c1-24-13-8-12(11(19)7-10(13)18(22)23)20-17(21)9-5-14(25-2)16(27-4)15(6-9)26-3/h5-8H,1-4H3,(H,20,21)(H,22,23). The monoisotopic (exact) mass is 395 g/mol. The maximum absolute atomic E-state index is 12.6. The number of carbonyl (C=O) groups is 2. The molecule has 0 saturated heterocycles. The van der Waals surface area contributed by atoms with Gasteiger partial charge in [0.15, 0.2) is 11.5 Å². The normalized spacial score (nSPS) is 10.1. The Labute approximate surface area is 160 Å². The van der Waals surface area contributed by atoms with Crippen LogP contribution in [0.5, 0.6) is 23.0 Å². The smallest absolute Gasteiger partial charge is 0.339 e. The quantitative estimate of drug-likeness (QED) is 0.741. The molecule has 0 bridgehead atoms. The van der Waals surface area contributed by atoms with Crippen molar-refractivity contribution in [1.82, 2.24) is 0 Å². The Morgan fingerprint density at radius 2 is 1.44 bits per heavy atom. The number of ether oxygens (including phenoxy) is 4. The predicted molar refractivity (Wildman–Crippen MR) is 99.0 cm³/mol. The molecule has 0 aromatic heterocycles. The number of carboxylic acid groups (broad SMARTS) is 1. The molecule has 8 nitrogen and oxygen atoms in total. The zero-order valence-corrected chi connectivity index (χ0v) is 15.8. The minimum atomic E-state index is -1.20. The molecule has 0 saturated carbocycles. The Bertz CT molecular complexity index is 857. The van der Waals surface area contributed by atoms with Crippen LogP contribution in [0.25, 0.3) is 0 Å². The van der Waals surface area contributed by atoms with Crippen LogP contribution < -0.4 is 24.3 Å². The van der Waals surface area contributed by atoms with Crippen LogP contribution in [0.15, 0.2) is 24.3 Å². The van der Waals surface area contributed by atoms with Gasteiger partial charge in [0.1, 0.15) is 11.3 Å². The van der Waals surface area contributed by atoms with Gasteiger partial charge in [-0.1, -0.05) is 11.6 Å². The van der Waals surface area contributed by atoms with E-state index in [0.29, 0.717) is 17.2 Å². The van der Waals surface area contributed by atoms with E-state index >= 15 is 0 Å². The molecule has 2 rings (SSSR count). The first-order chi connectivity index (χ1) is 12.9. The number of carbonyl (C=O) groups excluding carboxylic acids is 1. The maximum Gasteiger partial charge on any atom is 0.339 e. The molecule has 2 aromatic carbocycles. The van der Waals surface area contributed by atoms with Gasteiger partial charge in [-0.2, -0.15) is 0 Å². The summed E-state index contributed by atoms with van der Waals surface area (Å²) in [5.74, 6) is -0.675. The molecule has 0 fully saturated rings. The first-order valence-corrected chi connectivity index (χ1v) is 7.96. The van der Waals surface area contributed by atoms with Crippen molar-refractivity contribution in [2.75, 3.05) is 33.8 Å². The second-order valence-corrected chi connectivity index (χ2v) is 5.61. The van der Waals surface area contributed by atoms with Crippen LogP contribution in [0.2, 0.25) is 5.02 Å². The summed E-state index contributed by atoms with van der Waals surface area (Å²) < 4.78 is 20.7. The Morgan fingerprint density at radius 3 is 1.89 bits per heavy atom. The van der Waals surface area contributed by atoms with Crippen LogP contribution in [-0.4, -0.2) is 45.4 Å². The largest absolute Gasteiger partial charge is 0.496 e. The summed E-state index contributed by atoms with van der Waals surface area (Å²) in [6.45, 7) is 0. The van der Waals surface area contributed by atoms with E-state index in [1.54, 1.807) is 0 Å². The number of anilines is 1. The number of aromatic carboxylic acids is 1. The van der Waals surface area contributed by atoms with Gasteiger partial charge < -0.3 is 29.4 Å². The molecule has 0 aliphatic carbocycles. The van der Waals surface area contributed by atoms with Gasteiger partial charge in [-0.25, -0.2) is 4.79 Å². The lowest BCUT2D eigenvalue weighted by atomic mass is 10.1. The highest BCUT2D eigenvalue weighted by Gasteiger charge is 2.20. The molecule has 0 aliphatic heterocycles. The van der Waals surface area contributed by atoms with Crippen molar-refractivity contribution in [2.24, 2.45) is 0 Å². The average Bonchev–Trinajstić information content (AvgIpc) is 2.67. The molecule has 0 radical (unpaired) electrons. The summed E-state index contributed by atoms with van der Waals surface area (Å²) in [5, 5.41) is 11.8. The van der Waals surface area contributed by atoms with Crippen molar-refractivity contribution in [2.45, 2.75) is 0 Å². The minimum Gasteiger partial charge on any atom is -0.496 e. The third kappa shape index (κ3) is 4.17. The van der Waals surface area contributed by atoms with E-state index < -0.39 is 11.9 Å². The molecule has 27 heavy (non-hydrogen) atoms. The van der Waals surface area contributed by atoms with E-state index in [2.05, 4.69) is 5.32 Å². The fraction of sp³-hybridized carbons (Fsp3) is 0.222. The average molecular weight is 396 g/mol. The molecule has 9 heteroatoms. The molecule has 0 heterocycles. The highest BCUT2D eigenvalue weighted by Crippen LogP contribution is 2.38. The van der Waals surface area contributed by atoms with Crippen LogP contribution >= 0.6 is 11.6 Å². The molecule has 2 aromatic rings. The lowest BCUT2D eigenvalue weighted by Gasteiger charge is -2.15. The topological polar surface area (TPSA) is 103 Å². The van der Waals surface area contributed by atoms with E-state index in [4.69, 9.17) is 30.5 Å². The van der Waals surface area contributed by atoms with Crippen molar-refractivity contribution < 1.29 is 33.6 Å². The minimum absolute atomic E-state index is 0.0500. The fourth-order valence-corrected chi connectivity index (χ4v) is 2.60. The number of benzene rings is 2. The number of carboxylic acids is 1. The van der Waals surface area contributed by atoms with E-state index in [0.717, 1.165) is 0 Å². The maximum atomic E-state index is 12.6. The Hall–Kier alpha value is -3.13. The molecule has 0 aliphatic rings. The third-order valence-corrected chi connectivity index (χ3v) is 4.01. The molecular weight excluding hydrogens is 378 g/mol. The van der Waals surface area contributed by atoms with Gasteiger partial charge in [0.25, 0.3) is 5.91 Å². The summed E-state index contributed by atoms with van der Waals surface area (Å²) in [6.07, 6.45) is 0. The summed E-state index contributed by atoms with van der Waals surface area (Å²) >= 11 is 6.10. The summed E-state index contributed by atoms with van der Waals surface area (Å²) in [5.41, 5.74) is 0.299. The number of nitrogens with one attached hydrogen (secondary N) is 1. The number of halogens is 1. The highest BCUT2D eigenvalue weighted by atomic mass is 35.5. The van der Waals surface area contributed by atoms with E-state index in [9.17, 15) is 14.7 Å². The summed E-state index contributed by atoms with van der Waals surface area (Å²) in [7, 11) is 5.65. The molecule has 1 amide bonds. The van der Waals surface area contributed by atoms with Crippen LogP contribution in [0, 0.1) is 0 Å².